The molecule has 2 amide bonds. The van der Waals surface area contributed by atoms with Crippen molar-refractivity contribution in [1.82, 2.24) is 10.2 Å². The summed E-state index contributed by atoms with van der Waals surface area (Å²) in [5, 5.41) is 7.93. The fourth-order valence-corrected chi connectivity index (χ4v) is 5.06. The molecule has 3 N–H and O–H groups in total. The lowest BCUT2D eigenvalue weighted by Gasteiger charge is -2.36. The van der Waals surface area contributed by atoms with Crippen LogP contribution >= 0.6 is 0 Å². The summed E-state index contributed by atoms with van der Waals surface area (Å²) in [5.74, 6) is -2.27. The van der Waals surface area contributed by atoms with Crippen molar-refractivity contribution in [2.24, 2.45) is 11.1 Å². The number of hydrogen-bond acceptors (Lipinski definition) is 4. The molecule has 0 radical (unpaired) electrons. The molecule has 1 heterocycles. The lowest BCUT2D eigenvalue weighted by molar-refractivity contribution is -0.137. The van der Waals surface area contributed by atoms with Crippen molar-refractivity contribution in [2.45, 2.75) is 55.3 Å². The van der Waals surface area contributed by atoms with Gasteiger partial charge in [0.15, 0.2) is 0 Å². The number of alkyl halides is 3. The van der Waals surface area contributed by atoms with Crippen molar-refractivity contribution in [3.05, 3.63) is 65.0 Å². The second-order valence-electron chi connectivity index (χ2n) is 9.14. The zero-order valence-corrected chi connectivity index (χ0v) is 19.9. The summed E-state index contributed by atoms with van der Waals surface area (Å²) in [4.78, 5) is 27.6. The van der Waals surface area contributed by atoms with Crippen molar-refractivity contribution in [2.75, 3.05) is 6.54 Å². The minimum absolute atomic E-state index is 0.0339. The molecule has 1 aliphatic carbocycles. The predicted octanol–water partition coefficient (Wildman–Crippen LogP) is 3.75. The van der Waals surface area contributed by atoms with Crippen LogP contribution in [0.3, 0.4) is 0 Å². The molecule has 7 nitrogen and oxygen atoms in total. The summed E-state index contributed by atoms with van der Waals surface area (Å²) in [6, 6.07) is 5.72. The molecule has 4 rings (SSSR count). The second kappa shape index (κ2) is 9.81. The molecule has 1 unspecified atom stereocenters. The molecule has 0 bridgehead atoms. The van der Waals surface area contributed by atoms with Crippen LogP contribution in [0.2, 0.25) is 0 Å². The number of sulfonamides is 1. The van der Waals surface area contributed by atoms with Gasteiger partial charge < -0.3 is 10.2 Å². The molecule has 2 atom stereocenters. The van der Waals surface area contributed by atoms with Crippen LogP contribution in [0, 0.1) is 11.7 Å². The molecule has 2 aliphatic rings. The van der Waals surface area contributed by atoms with Gasteiger partial charge in [-0.1, -0.05) is 12.1 Å². The average Bonchev–Trinajstić information content (AvgIpc) is 3.66. The van der Waals surface area contributed by atoms with E-state index in [1.807, 2.05) is 0 Å². The van der Waals surface area contributed by atoms with Gasteiger partial charge in [0.1, 0.15) is 11.9 Å². The van der Waals surface area contributed by atoms with Crippen LogP contribution in [0.15, 0.2) is 47.4 Å². The van der Waals surface area contributed by atoms with Crippen LogP contribution in [0.4, 0.5) is 17.6 Å². The minimum atomic E-state index is -4.69. The van der Waals surface area contributed by atoms with Crippen LogP contribution in [0.1, 0.15) is 59.6 Å². The Labute approximate surface area is 205 Å². The third-order valence-electron chi connectivity index (χ3n) is 6.53. The average molecular weight is 528 g/mol. The highest BCUT2D eigenvalue weighted by Crippen LogP contribution is 2.43. The molecule has 194 valence electrons. The smallest absolute Gasteiger partial charge is 0.347 e. The normalized spacial score (nSPS) is 19.6. The summed E-state index contributed by atoms with van der Waals surface area (Å²) in [7, 11) is -4.04. The van der Waals surface area contributed by atoms with Crippen molar-refractivity contribution in [1.29, 1.82) is 0 Å². The maximum Gasteiger partial charge on any atom is 0.416 e. The van der Waals surface area contributed by atoms with E-state index in [9.17, 15) is 35.6 Å². The van der Waals surface area contributed by atoms with E-state index in [0.29, 0.717) is 38.2 Å². The minimum Gasteiger partial charge on any atom is -0.347 e. The fourth-order valence-electron chi connectivity index (χ4n) is 4.50. The van der Waals surface area contributed by atoms with E-state index < -0.39 is 51.5 Å². The molecule has 0 spiro atoms. The van der Waals surface area contributed by atoms with E-state index in [2.05, 4.69) is 5.32 Å². The molecule has 1 aliphatic heterocycles. The Kier molecular flexibility index (Phi) is 7.11. The van der Waals surface area contributed by atoms with Gasteiger partial charge in [-0.3, -0.25) is 9.59 Å². The number of nitrogens with one attached hydrogen (secondary N) is 1. The SMILES string of the molecule is NS(=O)(=O)c1cccc(C(=O)N2CCCC[C@@H]2C(=O)NC(c2ccc(C(F)(F)F)cc2F)C2CC2)c1. The van der Waals surface area contributed by atoms with Crippen molar-refractivity contribution < 1.29 is 35.6 Å². The van der Waals surface area contributed by atoms with E-state index in [1.165, 1.54) is 23.1 Å². The molecule has 12 heteroatoms. The number of piperidine rings is 1. The Bertz CT molecular complexity index is 1280. The third kappa shape index (κ3) is 5.70. The monoisotopic (exact) mass is 527 g/mol. The number of hydrogen-bond donors (Lipinski definition) is 2. The van der Waals surface area contributed by atoms with Crippen LogP contribution in [0.5, 0.6) is 0 Å². The lowest BCUT2D eigenvalue weighted by atomic mass is 9.96. The van der Waals surface area contributed by atoms with Crippen molar-refractivity contribution >= 4 is 21.8 Å². The molecular weight excluding hydrogens is 502 g/mol. The maximum absolute atomic E-state index is 14.7. The summed E-state index contributed by atoms with van der Waals surface area (Å²) in [6.45, 7) is 0.249. The van der Waals surface area contributed by atoms with Crippen molar-refractivity contribution in [3.8, 4) is 0 Å². The first-order chi connectivity index (χ1) is 16.9. The molecule has 2 aromatic carbocycles. The first-order valence-corrected chi connectivity index (χ1v) is 13.0. The number of nitrogens with zero attached hydrogens (tertiary/aromatic N) is 1. The molecule has 2 aromatic rings. The van der Waals surface area contributed by atoms with Gasteiger partial charge in [0, 0.05) is 17.7 Å². The quantitative estimate of drug-likeness (QED) is 0.558. The molecular formula is C24H25F4N3O4S. The van der Waals surface area contributed by atoms with Gasteiger partial charge in [-0.2, -0.15) is 13.2 Å². The first-order valence-electron chi connectivity index (χ1n) is 11.5. The highest BCUT2D eigenvalue weighted by molar-refractivity contribution is 7.89. The number of benzene rings is 2. The Balaban J connectivity index is 1.56. The van der Waals surface area contributed by atoms with Crippen LogP contribution < -0.4 is 10.5 Å². The van der Waals surface area contributed by atoms with Gasteiger partial charge in [0.25, 0.3) is 5.91 Å². The van der Waals surface area contributed by atoms with E-state index in [-0.39, 0.29) is 28.5 Å². The number of amides is 2. The number of rotatable bonds is 6. The highest BCUT2D eigenvalue weighted by atomic mass is 32.2. The number of carbonyl (C=O) groups is 2. The first kappa shape index (κ1) is 26.1. The molecule has 1 saturated heterocycles. The molecule has 36 heavy (non-hydrogen) atoms. The van der Waals surface area contributed by atoms with E-state index in [1.54, 1.807) is 0 Å². The standard InChI is InChI=1S/C24H25F4N3O4S/c25-19-13-16(24(26,27)28)9-10-18(19)21(14-7-8-14)30-22(32)20-6-1-2-11-31(20)23(33)15-4-3-5-17(12-15)36(29,34)35/h3-5,9-10,12-14,20-21H,1-2,6-8,11H2,(H,30,32)(H2,29,34,35)/t20-,21?/m1/s1. The zero-order chi connectivity index (χ0) is 26.3. The number of primary sulfonamides is 1. The largest absolute Gasteiger partial charge is 0.416 e. The van der Waals surface area contributed by atoms with Gasteiger partial charge in [-0.15, -0.1) is 0 Å². The van der Waals surface area contributed by atoms with E-state index in [4.69, 9.17) is 5.14 Å². The van der Waals surface area contributed by atoms with Gasteiger partial charge in [0.2, 0.25) is 15.9 Å². The van der Waals surface area contributed by atoms with Gasteiger partial charge in [-0.25, -0.2) is 17.9 Å². The van der Waals surface area contributed by atoms with Gasteiger partial charge in [-0.05, 0) is 68.4 Å². The topological polar surface area (TPSA) is 110 Å². The summed E-state index contributed by atoms with van der Waals surface area (Å²) in [5.41, 5.74) is -1.10. The molecule has 2 fully saturated rings. The Morgan fingerprint density at radius 3 is 2.39 bits per heavy atom. The highest BCUT2D eigenvalue weighted by Gasteiger charge is 2.40. The fraction of sp³-hybridized carbons (Fsp3) is 0.417. The predicted molar refractivity (Wildman–Crippen MR) is 122 cm³/mol. The third-order valence-corrected chi connectivity index (χ3v) is 7.44. The van der Waals surface area contributed by atoms with E-state index in [0.717, 1.165) is 18.2 Å². The second-order valence-corrected chi connectivity index (χ2v) is 10.7. The number of likely N-dealkylation sites (tertiary alicyclic amines) is 1. The molecule has 0 aromatic heterocycles. The van der Waals surface area contributed by atoms with Gasteiger partial charge in [0.05, 0.1) is 16.5 Å². The summed E-state index contributed by atoms with van der Waals surface area (Å²) >= 11 is 0. The Morgan fingerprint density at radius 2 is 1.78 bits per heavy atom. The zero-order valence-electron chi connectivity index (χ0n) is 19.1. The lowest BCUT2D eigenvalue weighted by Crippen LogP contribution is -2.52. The van der Waals surface area contributed by atoms with E-state index >= 15 is 0 Å². The summed E-state index contributed by atoms with van der Waals surface area (Å²) in [6.07, 6.45) is -1.72. The number of halogens is 4. The molecule has 1 saturated carbocycles. The summed E-state index contributed by atoms with van der Waals surface area (Å²) < 4.78 is 76.9. The Morgan fingerprint density at radius 1 is 1.06 bits per heavy atom. The number of nitrogens with two attached hydrogens (primary N) is 1. The van der Waals surface area contributed by atoms with Crippen LogP contribution in [0.25, 0.3) is 0 Å². The van der Waals surface area contributed by atoms with Crippen molar-refractivity contribution in [3.63, 3.8) is 0 Å². The number of carbonyl (C=O) groups excluding carboxylic acids is 2. The Hall–Kier alpha value is -2.99. The van der Waals surface area contributed by atoms with Crippen LogP contribution in [-0.4, -0.2) is 37.7 Å². The maximum atomic E-state index is 14.7. The van der Waals surface area contributed by atoms with Crippen LogP contribution in [-0.2, 0) is 21.0 Å². The van der Waals surface area contributed by atoms with Gasteiger partial charge >= 0.3 is 6.18 Å².